The first-order valence-electron chi connectivity index (χ1n) is 6.55. The molecular formula is C17H19ClO. The largest absolute Gasteiger partial charge is 0.485 e. The van der Waals surface area contributed by atoms with Crippen LogP contribution >= 0.6 is 11.6 Å². The number of aryl methyl sites for hydroxylation is 2. The van der Waals surface area contributed by atoms with Crippen LogP contribution in [0.5, 0.6) is 5.75 Å². The summed E-state index contributed by atoms with van der Waals surface area (Å²) in [6, 6.07) is 16.5. The molecule has 1 nitrogen and oxygen atoms in total. The minimum Gasteiger partial charge on any atom is -0.485 e. The lowest BCUT2D eigenvalue weighted by molar-refractivity contribution is 0.201. The van der Waals surface area contributed by atoms with Crippen molar-refractivity contribution >= 4 is 11.6 Å². The molecule has 0 N–H and O–H groups in total. The Labute approximate surface area is 120 Å². The van der Waals surface area contributed by atoms with Crippen LogP contribution in [0.1, 0.15) is 29.2 Å². The van der Waals surface area contributed by atoms with Crippen LogP contribution in [0.3, 0.4) is 0 Å². The van der Waals surface area contributed by atoms with Gasteiger partial charge in [-0.15, -0.1) is 11.6 Å². The van der Waals surface area contributed by atoms with E-state index in [4.69, 9.17) is 16.3 Å². The molecule has 0 aliphatic rings. The number of halogens is 1. The van der Waals surface area contributed by atoms with Gasteiger partial charge in [0.2, 0.25) is 0 Å². The predicted molar refractivity (Wildman–Crippen MR) is 81.1 cm³/mol. The Balaban J connectivity index is 2.24. The topological polar surface area (TPSA) is 9.23 Å². The molecule has 0 fully saturated rings. The van der Waals surface area contributed by atoms with E-state index in [2.05, 4.69) is 44.2 Å². The average Bonchev–Trinajstić information content (AvgIpc) is 2.40. The summed E-state index contributed by atoms with van der Waals surface area (Å²) in [5.74, 6) is 1.52. The van der Waals surface area contributed by atoms with Crippen molar-refractivity contribution in [3.05, 3.63) is 65.2 Å². The van der Waals surface area contributed by atoms with Crippen molar-refractivity contribution in [2.24, 2.45) is 0 Å². The minimum absolute atomic E-state index is 0.0125. The zero-order valence-electron chi connectivity index (χ0n) is 11.4. The maximum absolute atomic E-state index is 6.14. The molecule has 1 unspecified atom stereocenters. The van der Waals surface area contributed by atoms with E-state index in [1.807, 2.05) is 18.2 Å². The van der Waals surface area contributed by atoms with E-state index in [0.717, 1.165) is 17.7 Å². The summed E-state index contributed by atoms with van der Waals surface area (Å²) in [5, 5.41) is 0. The summed E-state index contributed by atoms with van der Waals surface area (Å²) in [6.45, 7) is 4.15. The van der Waals surface area contributed by atoms with Gasteiger partial charge in [-0.05, 0) is 31.0 Å². The second-order valence-electron chi connectivity index (χ2n) is 4.76. The van der Waals surface area contributed by atoms with Crippen molar-refractivity contribution in [1.29, 1.82) is 0 Å². The first-order chi connectivity index (χ1) is 9.20. The van der Waals surface area contributed by atoms with Crippen molar-refractivity contribution in [3.63, 3.8) is 0 Å². The molecule has 2 heteroatoms. The molecule has 0 radical (unpaired) electrons. The number of hydrogen-bond acceptors (Lipinski definition) is 1. The van der Waals surface area contributed by atoms with E-state index in [-0.39, 0.29) is 6.10 Å². The van der Waals surface area contributed by atoms with E-state index >= 15 is 0 Å². The predicted octanol–water partition coefficient (Wildman–Crippen LogP) is 5.05. The molecule has 19 heavy (non-hydrogen) atoms. The SMILES string of the molecule is Cc1cccc(C(CCCl)Oc2ccccc2C)c1. The van der Waals surface area contributed by atoms with Crippen molar-refractivity contribution in [1.82, 2.24) is 0 Å². The third kappa shape index (κ3) is 3.74. The van der Waals surface area contributed by atoms with Gasteiger partial charge in [0.25, 0.3) is 0 Å². The summed E-state index contributed by atoms with van der Waals surface area (Å²) in [5.41, 5.74) is 3.57. The van der Waals surface area contributed by atoms with E-state index < -0.39 is 0 Å². The number of hydrogen-bond donors (Lipinski definition) is 0. The molecule has 0 saturated carbocycles. The Morgan fingerprint density at radius 1 is 1.05 bits per heavy atom. The fourth-order valence-corrected chi connectivity index (χ4v) is 2.30. The van der Waals surface area contributed by atoms with Crippen LogP contribution in [0.2, 0.25) is 0 Å². The van der Waals surface area contributed by atoms with Crippen LogP contribution in [0.25, 0.3) is 0 Å². The van der Waals surface area contributed by atoms with Gasteiger partial charge >= 0.3 is 0 Å². The summed E-state index contributed by atoms with van der Waals surface area (Å²) in [6.07, 6.45) is 0.817. The first kappa shape index (κ1) is 14.0. The van der Waals surface area contributed by atoms with Gasteiger partial charge < -0.3 is 4.74 Å². The Kier molecular flexibility index (Phi) is 4.86. The van der Waals surface area contributed by atoms with Gasteiger partial charge in [-0.1, -0.05) is 48.0 Å². The van der Waals surface area contributed by atoms with E-state index in [0.29, 0.717) is 5.88 Å². The summed E-state index contributed by atoms with van der Waals surface area (Å²) < 4.78 is 6.14. The van der Waals surface area contributed by atoms with Gasteiger partial charge in [-0.3, -0.25) is 0 Å². The summed E-state index contributed by atoms with van der Waals surface area (Å²) in [4.78, 5) is 0. The first-order valence-corrected chi connectivity index (χ1v) is 7.09. The van der Waals surface area contributed by atoms with Crippen LogP contribution < -0.4 is 4.74 Å². The molecule has 2 aromatic rings. The molecule has 2 aromatic carbocycles. The number of rotatable bonds is 5. The number of benzene rings is 2. The quantitative estimate of drug-likeness (QED) is 0.693. The normalized spacial score (nSPS) is 12.2. The smallest absolute Gasteiger partial charge is 0.125 e. The van der Waals surface area contributed by atoms with Crippen molar-refractivity contribution in [2.45, 2.75) is 26.4 Å². The van der Waals surface area contributed by atoms with Crippen molar-refractivity contribution in [3.8, 4) is 5.75 Å². The lowest BCUT2D eigenvalue weighted by atomic mass is 10.0. The van der Waals surface area contributed by atoms with Crippen LogP contribution in [-0.2, 0) is 0 Å². The van der Waals surface area contributed by atoms with Crippen molar-refractivity contribution in [2.75, 3.05) is 5.88 Å². The molecule has 0 spiro atoms. The van der Waals surface area contributed by atoms with Crippen LogP contribution in [0.4, 0.5) is 0 Å². The highest BCUT2D eigenvalue weighted by Crippen LogP contribution is 2.27. The molecule has 0 heterocycles. The van der Waals surface area contributed by atoms with Gasteiger partial charge in [0.1, 0.15) is 11.9 Å². The van der Waals surface area contributed by atoms with Gasteiger partial charge in [-0.25, -0.2) is 0 Å². The third-order valence-electron chi connectivity index (χ3n) is 3.15. The number of ether oxygens (including phenoxy) is 1. The highest BCUT2D eigenvalue weighted by atomic mass is 35.5. The summed E-state index contributed by atoms with van der Waals surface area (Å²) >= 11 is 5.91. The second-order valence-corrected chi connectivity index (χ2v) is 5.14. The van der Waals surface area contributed by atoms with E-state index in [1.165, 1.54) is 11.1 Å². The zero-order chi connectivity index (χ0) is 13.7. The molecule has 0 saturated heterocycles. The standard InChI is InChI=1S/C17H19ClO/c1-13-6-5-8-15(12-13)17(10-11-18)19-16-9-4-3-7-14(16)2/h3-9,12,17H,10-11H2,1-2H3. The monoisotopic (exact) mass is 274 g/mol. The molecule has 0 aliphatic heterocycles. The number of para-hydroxylation sites is 1. The molecule has 100 valence electrons. The molecule has 0 aromatic heterocycles. The maximum Gasteiger partial charge on any atom is 0.125 e. The van der Waals surface area contributed by atoms with Crippen LogP contribution in [-0.4, -0.2) is 5.88 Å². The lowest BCUT2D eigenvalue weighted by Crippen LogP contribution is -2.09. The molecule has 0 bridgehead atoms. The van der Waals surface area contributed by atoms with Gasteiger partial charge in [0.05, 0.1) is 0 Å². The maximum atomic E-state index is 6.14. The van der Waals surface area contributed by atoms with E-state index in [1.54, 1.807) is 0 Å². The fraction of sp³-hybridized carbons (Fsp3) is 0.294. The fourth-order valence-electron chi connectivity index (χ4n) is 2.11. The highest BCUT2D eigenvalue weighted by molar-refractivity contribution is 6.17. The second kappa shape index (κ2) is 6.63. The van der Waals surface area contributed by atoms with Gasteiger partial charge in [0.15, 0.2) is 0 Å². The molecule has 1 atom stereocenters. The van der Waals surface area contributed by atoms with Gasteiger partial charge in [-0.2, -0.15) is 0 Å². The van der Waals surface area contributed by atoms with Crippen LogP contribution in [0, 0.1) is 13.8 Å². The summed E-state index contributed by atoms with van der Waals surface area (Å²) in [7, 11) is 0. The lowest BCUT2D eigenvalue weighted by Gasteiger charge is -2.20. The Morgan fingerprint density at radius 3 is 2.53 bits per heavy atom. The highest BCUT2D eigenvalue weighted by Gasteiger charge is 2.14. The minimum atomic E-state index is 0.0125. The third-order valence-corrected chi connectivity index (χ3v) is 3.37. The average molecular weight is 275 g/mol. The van der Waals surface area contributed by atoms with Gasteiger partial charge in [0, 0.05) is 12.3 Å². The molecule has 0 aliphatic carbocycles. The zero-order valence-corrected chi connectivity index (χ0v) is 12.2. The van der Waals surface area contributed by atoms with E-state index in [9.17, 15) is 0 Å². The Bertz CT molecular complexity index is 536. The molecule has 2 rings (SSSR count). The van der Waals surface area contributed by atoms with Crippen LogP contribution in [0.15, 0.2) is 48.5 Å². The Hall–Kier alpha value is -1.47. The number of alkyl halides is 1. The molecular weight excluding hydrogens is 256 g/mol. The van der Waals surface area contributed by atoms with Crippen molar-refractivity contribution < 1.29 is 4.74 Å². The Morgan fingerprint density at radius 2 is 1.84 bits per heavy atom. The molecule has 0 amide bonds.